The molecule has 25 heavy (non-hydrogen) atoms. The second-order valence-corrected chi connectivity index (χ2v) is 7.68. The molecule has 1 saturated heterocycles. The van der Waals surface area contributed by atoms with Gasteiger partial charge >= 0.3 is 0 Å². The quantitative estimate of drug-likeness (QED) is 0.645. The van der Waals surface area contributed by atoms with Crippen LogP contribution in [-0.4, -0.2) is 37.0 Å². The van der Waals surface area contributed by atoms with E-state index in [1.54, 1.807) is 11.3 Å². The van der Waals surface area contributed by atoms with Gasteiger partial charge in [-0.05, 0) is 30.7 Å². The van der Waals surface area contributed by atoms with Gasteiger partial charge in [-0.2, -0.15) is 0 Å². The molecule has 2 aromatic carbocycles. The lowest BCUT2D eigenvalue weighted by atomic mass is 10.1. The SMILES string of the molecule is Cc1ccc(N2CCN(C(=O)c3csc4ccccc34)CC2)cc1Cl. The highest BCUT2D eigenvalue weighted by atomic mass is 35.5. The van der Waals surface area contributed by atoms with Crippen molar-refractivity contribution in [2.24, 2.45) is 0 Å². The smallest absolute Gasteiger partial charge is 0.255 e. The Bertz CT molecular complexity index is 928. The molecule has 1 aliphatic rings. The Kier molecular flexibility index (Phi) is 4.40. The monoisotopic (exact) mass is 370 g/mol. The third kappa shape index (κ3) is 3.12. The number of hydrogen-bond acceptors (Lipinski definition) is 3. The van der Waals surface area contributed by atoms with Gasteiger partial charge in [-0.3, -0.25) is 4.79 Å². The number of thiophene rings is 1. The standard InChI is InChI=1S/C20H19ClN2OS/c1-14-6-7-15(12-18(14)21)22-8-10-23(11-9-22)20(24)17-13-25-19-5-3-2-4-16(17)19/h2-7,12-13H,8-11H2,1H3. The van der Waals surface area contributed by atoms with E-state index < -0.39 is 0 Å². The third-order valence-corrected chi connectivity index (χ3v) is 6.17. The number of nitrogens with zero attached hydrogens (tertiary/aromatic N) is 2. The van der Waals surface area contributed by atoms with Crippen LogP contribution in [0.25, 0.3) is 10.1 Å². The molecule has 0 unspecified atom stereocenters. The predicted molar refractivity (Wildman–Crippen MR) is 106 cm³/mol. The second-order valence-electron chi connectivity index (χ2n) is 6.36. The number of piperazine rings is 1. The minimum absolute atomic E-state index is 0.138. The minimum atomic E-state index is 0.138. The van der Waals surface area contributed by atoms with Crippen LogP contribution >= 0.6 is 22.9 Å². The summed E-state index contributed by atoms with van der Waals surface area (Å²) < 4.78 is 1.17. The lowest BCUT2D eigenvalue weighted by molar-refractivity contribution is 0.0749. The Balaban J connectivity index is 1.48. The number of amides is 1. The van der Waals surface area contributed by atoms with Crippen LogP contribution in [-0.2, 0) is 0 Å². The molecule has 1 amide bonds. The van der Waals surface area contributed by atoms with Gasteiger partial charge in [-0.1, -0.05) is 35.9 Å². The van der Waals surface area contributed by atoms with Gasteiger partial charge in [0.1, 0.15) is 0 Å². The molecular formula is C20H19ClN2OS. The summed E-state index contributed by atoms with van der Waals surface area (Å²) in [6.07, 6.45) is 0. The van der Waals surface area contributed by atoms with E-state index in [4.69, 9.17) is 11.6 Å². The second kappa shape index (κ2) is 6.70. The summed E-state index contributed by atoms with van der Waals surface area (Å²) in [4.78, 5) is 17.2. The number of carbonyl (C=O) groups excluding carboxylic acids is 1. The zero-order chi connectivity index (χ0) is 17.4. The van der Waals surface area contributed by atoms with Crippen LogP contribution in [0.15, 0.2) is 47.8 Å². The fourth-order valence-electron chi connectivity index (χ4n) is 3.26. The average molecular weight is 371 g/mol. The van der Waals surface area contributed by atoms with Crippen LogP contribution in [0.1, 0.15) is 15.9 Å². The molecule has 1 fully saturated rings. The van der Waals surface area contributed by atoms with Crippen LogP contribution < -0.4 is 4.90 Å². The van der Waals surface area contributed by atoms with Crippen molar-refractivity contribution in [3.63, 3.8) is 0 Å². The fourth-order valence-corrected chi connectivity index (χ4v) is 4.37. The normalized spacial score (nSPS) is 15.0. The first kappa shape index (κ1) is 16.4. The molecule has 3 nitrogen and oxygen atoms in total. The Labute approximate surface area is 156 Å². The summed E-state index contributed by atoms with van der Waals surface area (Å²) in [7, 11) is 0. The van der Waals surface area contributed by atoms with Gasteiger partial charge in [0.2, 0.25) is 0 Å². The minimum Gasteiger partial charge on any atom is -0.368 e. The number of anilines is 1. The van der Waals surface area contributed by atoms with Crippen LogP contribution in [0.4, 0.5) is 5.69 Å². The van der Waals surface area contributed by atoms with Crippen molar-refractivity contribution in [2.45, 2.75) is 6.92 Å². The van der Waals surface area contributed by atoms with E-state index in [1.807, 2.05) is 47.5 Å². The molecule has 3 aromatic rings. The molecule has 128 valence electrons. The number of fused-ring (bicyclic) bond motifs is 1. The molecule has 0 atom stereocenters. The lowest BCUT2D eigenvalue weighted by Gasteiger charge is -2.36. The molecular weight excluding hydrogens is 352 g/mol. The van der Waals surface area contributed by atoms with Crippen molar-refractivity contribution in [2.75, 3.05) is 31.1 Å². The summed E-state index contributed by atoms with van der Waals surface area (Å²) in [5.74, 6) is 0.138. The summed E-state index contributed by atoms with van der Waals surface area (Å²) in [6, 6.07) is 14.3. The first-order valence-electron chi connectivity index (χ1n) is 8.40. The van der Waals surface area contributed by atoms with E-state index in [0.717, 1.165) is 53.4 Å². The first-order chi connectivity index (χ1) is 12.1. The number of benzene rings is 2. The maximum Gasteiger partial charge on any atom is 0.255 e. The van der Waals surface area contributed by atoms with Gasteiger partial charge in [-0.15, -0.1) is 11.3 Å². The van der Waals surface area contributed by atoms with E-state index in [2.05, 4.69) is 17.0 Å². The zero-order valence-electron chi connectivity index (χ0n) is 14.0. The van der Waals surface area contributed by atoms with Crippen LogP contribution in [0, 0.1) is 6.92 Å². The summed E-state index contributed by atoms with van der Waals surface area (Å²) in [5, 5.41) is 3.84. The van der Waals surface area contributed by atoms with E-state index in [1.165, 1.54) is 4.70 Å². The van der Waals surface area contributed by atoms with Crippen molar-refractivity contribution in [1.29, 1.82) is 0 Å². The highest BCUT2D eigenvalue weighted by Crippen LogP contribution is 2.28. The Morgan fingerprint density at radius 2 is 1.84 bits per heavy atom. The molecule has 4 rings (SSSR count). The average Bonchev–Trinajstić information content (AvgIpc) is 3.08. The number of carbonyl (C=O) groups is 1. The molecule has 0 aliphatic carbocycles. The lowest BCUT2D eigenvalue weighted by Crippen LogP contribution is -2.48. The molecule has 0 saturated carbocycles. The number of aryl methyl sites for hydroxylation is 1. The molecule has 0 spiro atoms. The molecule has 5 heteroatoms. The maximum absolute atomic E-state index is 12.9. The highest BCUT2D eigenvalue weighted by Gasteiger charge is 2.24. The van der Waals surface area contributed by atoms with Crippen molar-refractivity contribution in [3.05, 3.63) is 64.0 Å². The number of rotatable bonds is 2. The molecule has 2 heterocycles. The van der Waals surface area contributed by atoms with E-state index in [9.17, 15) is 4.79 Å². The molecule has 0 radical (unpaired) electrons. The number of hydrogen-bond donors (Lipinski definition) is 0. The summed E-state index contributed by atoms with van der Waals surface area (Å²) in [6.45, 7) is 5.12. The van der Waals surface area contributed by atoms with E-state index >= 15 is 0 Å². The van der Waals surface area contributed by atoms with Crippen LogP contribution in [0.5, 0.6) is 0 Å². The van der Waals surface area contributed by atoms with Gasteiger partial charge in [0.15, 0.2) is 0 Å². The third-order valence-electron chi connectivity index (χ3n) is 4.80. The predicted octanol–water partition coefficient (Wildman–Crippen LogP) is 4.83. The summed E-state index contributed by atoms with van der Waals surface area (Å²) >= 11 is 7.88. The van der Waals surface area contributed by atoms with Gasteiger partial charge < -0.3 is 9.80 Å². The van der Waals surface area contributed by atoms with E-state index in [-0.39, 0.29) is 5.91 Å². The first-order valence-corrected chi connectivity index (χ1v) is 9.66. The van der Waals surface area contributed by atoms with Gasteiger partial charge in [0.25, 0.3) is 5.91 Å². The molecule has 0 bridgehead atoms. The van der Waals surface area contributed by atoms with Crippen molar-refractivity contribution >= 4 is 44.6 Å². The maximum atomic E-state index is 12.9. The molecule has 1 aliphatic heterocycles. The Morgan fingerprint density at radius 1 is 1.08 bits per heavy atom. The van der Waals surface area contributed by atoms with Crippen LogP contribution in [0.3, 0.4) is 0 Å². The van der Waals surface area contributed by atoms with Gasteiger partial charge in [-0.25, -0.2) is 0 Å². The van der Waals surface area contributed by atoms with Crippen molar-refractivity contribution in [1.82, 2.24) is 4.90 Å². The topological polar surface area (TPSA) is 23.6 Å². The Morgan fingerprint density at radius 3 is 2.60 bits per heavy atom. The molecule has 0 N–H and O–H groups in total. The zero-order valence-corrected chi connectivity index (χ0v) is 15.6. The Hall–Kier alpha value is -2.04. The highest BCUT2D eigenvalue weighted by molar-refractivity contribution is 7.17. The van der Waals surface area contributed by atoms with Crippen LogP contribution in [0.2, 0.25) is 5.02 Å². The van der Waals surface area contributed by atoms with Gasteiger partial charge in [0, 0.05) is 52.4 Å². The largest absolute Gasteiger partial charge is 0.368 e. The van der Waals surface area contributed by atoms with Crippen molar-refractivity contribution < 1.29 is 4.79 Å². The summed E-state index contributed by atoms with van der Waals surface area (Å²) in [5.41, 5.74) is 3.04. The van der Waals surface area contributed by atoms with E-state index in [0.29, 0.717) is 0 Å². The number of halogens is 1. The fraction of sp³-hybridized carbons (Fsp3) is 0.250. The molecule has 1 aromatic heterocycles. The van der Waals surface area contributed by atoms with Crippen molar-refractivity contribution in [3.8, 4) is 0 Å². The van der Waals surface area contributed by atoms with Gasteiger partial charge in [0.05, 0.1) is 5.56 Å².